The van der Waals surface area contributed by atoms with Crippen LogP contribution in [0.3, 0.4) is 0 Å². The van der Waals surface area contributed by atoms with Gasteiger partial charge in [-0.05, 0) is 42.9 Å². The highest BCUT2D eigenvalue weighted by molar-refractivity contribution is 5.97. The quantitative estimate of drug-likeness (QED) is 0.765. The summed E-state index contributed by atoms with van der Waals surface area (Å²) >= 11 is 0. The van der Waals surface area contributed by atoms with Gasteiger partial charge in [0.05, 0.1) is 12.5 Å². The summed E-state index contributed by atoms with van der Waals surface area (Å²) in [5.74, 6) is 0.0998. The number of piperazine rings is 1. The fraction of sp³-hybridized carbons (Fsp3) is 0.500. The largest absolute Gasteiger partial charge is 0.353 e. The third-order valence-electron chi connectivity index (χ3n) is 5.70. The predicted molar refractivity (Wildman–Crippen MR) is 107 cm³/mol. The molecule has 0 unspecified atom stereocenters. The number of amides is 3. The molecule has 2 fully saturated rings. The summed E-state index contributed by atoms with van der Waals surface area (Å²) in [6.07, 6.45) is 2.19. The van der Waals surface area contributed by atoms with Crippen LogP contribution in [-0.4, -0.2) is 42.3 Å². The summed E-state index contributed by atoms with van der Waals surface area (Å²) in [4.78, 5) is 38.0. The molecule has 1 saturated heterocycles. The molecule has 1 aromatic carbocycles. The van der Waals surface area contributed by atoms with Crippen LogP contribution in [0.5, 0.6) is 0 Å². The van der Waals surface area contributed by atoms with E-state index in [1.54, 1.807) is 17.0 Å². The van der Waals surface area contributed by atoms with Crippen LogP contribution in [0.25, 0.3) is 0 Å². The molecule has 1 saturated carbocycles. The average molecular weight is 383 g/mol. The highest BCUT2D eigenvalue weighted by atomic mass is 16.2. The molecule has 0 spiro atoms. The summed E-state index contributed by atoms with van der Waals surface area (Å²) in [5.41, 5.74) is 2.73. The third-order valence-corrected chi connectivity index (χ3v) is 5.70. The van der Waals surface area contributed by atoms with E-state index in [4.69, 9.17) is 0 Å². The lowest BCUT2D eigenvalue weighted by atomic mass is 10.1. The zero-order valence-corrected chi connectivity index (χ0v) is 17.0. The number of nitrogens with zero attached hydrogens (tertiary/aromatic N) is 1. The Bertz CT molecular complexity index is 807. The van der Waals surface area contributed by atoms with Gasteiger partial charge in [-0.2, -0.15) is 0 Å². The topological polar surface area (TPSA) is 78.5 Å². The molecule has 6 nitrogen and oxygen atoms in total. The maximum absolute atomic E-state index is 12.6. The first kappa shape index (κ1) is 20.1. The summed E-state index contributed by atoms with van der Waals surface area (Å²) in [6, 6.07) is 7.21. The average Bonchev–Trinajstić information content (AvgIpc) is 3.18. The number of carbonyl (C=O) groups is 3. The van der Waals surface area contributed by atoms with Gasteiger partial charge in [0.25, 0.3) is 5.91 Å². The van der Waals surface area contributed by atoms with Gasteiger partial charge < -0.3 is 15.5 Å². The van der Waals surface area contributed by atoms with Crippen molar-refractivity contribution < 1.29 is 14.4 Å². The zero-order chi connectivity index (χ0) is 20.5. The van der Waals surface area contributed by atoms with Gasteiger partial charge in [0.15, 0.2) is 0 Å². The molecule has 0 aromatic heterocycles. The maximum atomic E-state index is 12.6. The molecule has 3 rings (SSSR count). The Morgan fingerprint density at radius 1 is 1.25 bits per heavy atom. The van der Waals surface area contributed by atoms with Crippen LogP contribution >= 0.6 is 0 Å². The van der Waals surface area contributed by atoms with Crippen molar-refractivity contribution in [3.05, 3.63) is 47.0 Å². The number of rotatable bonds is 5. The third kappa shape index (κ3) is 4.26. The molecule has 2 N–H and O–H groups in total. The van der Waals surface area contributed by atoms with Gasteiger partial charge in [0, 0.05) is 25.2 Å². The minimum atomic E-state index is -0.144. The standard InChI is InChI=1S/C22H29N3O3/c1-14(2)11-17-19(22(17,3)4)20(27)24-12-15-5-7-16(8-6-15)21(28)25-10-9-23-18(26)13-25/h5-8,11,17,19H,9-10,12-13H2,1-4H3,(H,23,26)(H,24,27)/t17-,19+/m0/s1. The zero-order valence-electron chi connectivity index (χ0n) is 17.0. The predicted octanol–water partition coefficient (Wildman–Crippen LogP) is 2.11. The Morgan fingerprint density at radius 3 is 2.54 bits per heavy atom. The minimum Gasteiger partial charge on any atom is -0.353 e. The highest BCUT2D eigenvalue weighted by Gasteiger charge is 2.60. The SMILES string of the molecule is CC(C)=C[C@H]1[C@H](C(=O)NCc2ccc(C(=O)N3CCNC(=O)C3)cc2)C1(C)C. The molecule has 2 atom stereocenters. The maximum Gasteiger partial charge on any atom is 0.254 e. The Morgan fingerprint density at radius 2 is 1.93 bits per heavy atom. The van der Waals surface area contributed by atoms with Crippen LogP contribution < -0.4 is 10.6 Å². The van der Waals surface area contributed by atoms with Crippen molar-refractivity contribution in [1.82, 2.24) is 15.5 Å². The molecule has 2 aliphatic rings. The first-order valence-corrected chi connectivity index (χ1v) is 9.78. The van der Waals surface area contributed by atoms with Gasteiger partial charge >= 0.3 is 0 Å². The van der Waals surface area contributed by atoms with E-state index in [1.165, 1.54) is 5.57 Å². The van der Waals surface area contributed by atoms with Gasteiger partial charge in [-0.25, -0.2) is 0 Å². The van der Waals surface area contributed by atoms with E-state index < -0.39 is 0 Å². The molecular weight excluding hydrogens is 354 g/mol. The van der Waals surface area contributed by atoms with Crippen LogP contribution in [0.1, 0.15) is 43.6 Å². The molecule has 3 amide bonds. The molecule has 0 bridgehead atoms. The van der Waals surface area contributed by atoms with E-state index in [-0.39, 0.29) is 35.6 Å². The second kappa shape index (κ2) is 7.78. The van der Waals surface area contributed by atoms with Gasteiger partial charge in [-0.15, -0.1) is 0 Å². The summed E-state index contributed by atoms with van der Waals surface area (Å²) < 4.78 is 0. The van der Waals surface area contributed by atoms with Crippen molar-refractivity contribution in [1.29, 1.82) is 0 Å². The van der Waals surface area contributed by atoms with Crippen molar-refractivity contribution in [3.8, 4) is 0 Å². The fourth-order valence-electron chi connectivity index (χ4n) is 3.91. The van der Waals surface area contributed by atoms with Gasteiger partial charge in [-0.3, -0.25) is 14.4 Å². The van der Waals surface area contributed by atoms with Crippen molar-refractivity contribution >= 4 is 17.7 Å². The normalized spacial score (nSPS) is 22.9. The Labute approximate surface area is 166 Å². The molecular formula is C22H29N3O3. The Balaban J connectivity index is 1.55. The fourth-order valence-corrected chi connectivity index (χ4v) is 3.91. The van der Waals surface area contributed by atoms with E-state index in [9.17, 15) is 14.4 Å². The van der Waals surface area contributed by atoms with Crippen molar-refractivity contribution in [3.63, 3.8) is 0 Å². The number of hydrogen-bond acceptors (Lipinski definition) is 3. The van der Waals surface area contributed by atoms with E-state index >= 15 is 0 Å². The first-order chi connectivity index (χ1) is 13.2. The summed E-state index contributed by atoms with van der Waals surface area (Å²) in [7, 11) is 0. The molecule has 28 heavy (non-hydrogen) atoms. The van der Waals surface area contributed by atoms with Crippen molar-refractivity contribution in [2.24, 2.45) is 17.3 Å². The van der Waals surface area contributed by atoms with Gasteiger partial charge in [-0.1, -0.05) is 37.6 Å². The summed E-state index contributed by atoms with van der Waals surface area (Å²) in [5, 5.41) is 5.73. The molecule has 1 aliphatic carbocycles. The summed E-state index contributed by atoms with van der Waals surface area (Å²) in [6.45, 7) is 9.91. The lowest BCUT2D eigenvalue weighted by Crippen LogP contribution is -2.49. The molecule has 1 heterocycles. The number of benzene rings is 1. The lowest BCUT2D eigenvalue weighted by Gasteiger charge is -2.26. The lowest BCUT2D eigenvalue weighted by molar-refractivity contribution is -0.124. The molecule has 150 valence electrons. The van der Waals surface area contributed by atoms with Gasteiger partial charge in [0.2, 0.25) is 11.8 Å². The smallest absolute Gasteiger partial charge is 0.254 e. The first-order valence-electron chi connectivity index (χ1n) is 9.78. The van der Waals surface area contributed by atoms with E-state index in [2.05, 4.69) is 44.4 Å². The Hall–Kier alpha value is -2.63. The molecule has 1 aliphatic heterocycles. The second-order valence-corrected chi connectivity index (χ2v) is 8.56. The van der Waals surface area contributed by atoms with Crippen LogP contribution in [-0.2, 0) is 16.1 Å². The highest BCUT2D eigenvalue weighted by Crippen LogP contribution is 2.59. The Kier molecular flexibility index (Phi) is 5.59. The van der Waals surface area contributed by atoms with Crippen molar-refractivity contribution in [2.75, 3.05) is 19.6 Å². The van der Waals surface area contributed by atoms with E-state index in [0.29, 0.717) is 31.1 Å². The minimum absolute atomic E-state index is 0.00162. The molecule has 0 radical (unpaired) electrons. The van der Waals surface area contributed by atoms with E-state index in [1.807, 2.05) is 12.1 Å². The molecule has 1 aromatic rings. The number of nitrogens with one attached hydrogen (secondary N) is 2. The number of allylic oxidation sites excluding steroid dienone is 2. The molecule has 6 heteroatoms. The number of carbonyl (C=O) groups excluding carboxylic acids is 3. The van der Waals surface area contributed by atoms with Crippen LogP contribution in [0.4, 0.5) is 0 Å². The number of hydrogen-bond donors (Lipinski definition) is 2. The van der Waals surface area contributed by atoms with Crippen LogP contribution in [0.2, 0.25) is 0 Å². The van der Waals surface area contributed by atoms with Crippen LogP contribution in [0.15, 0.2) is 35.9 Å². The monoisotopic (exact) mass is 383 g/mol. The van der Waals surface area contributed by atoms with Gasteiger partial charge in [0.1, 0.15) is 0 Å². The van der Waals surface area contributed by atoms with Crippen LogP contribution in [0, 0.1) is 17.3 Å². The van der Waals surface area contributed by atoms with E-state index in [0.717, 1.165) is 5.56 Å². The second-order valence-electron chi connectivity index (χ2n) is 8.56. The van der Waals surface area contributed by atoms with Crippen molar-refractivity contribution in [2.45, 2.75) is 34.2 Å².